The lowest BCUT2D eigenvalue weighted by atomic mass is 10.2. The van der Waals surface area contributed by atoms with E-state index in [1.807, 2.05) is 18.2 Å². The second-order valence-electron chi connectivity index (χ2n) is 6.08. The second-order valence-corrected chi connectivity index (χ2v) is 6.49. The van der Waals surface area contributed by atoms with Crippen molar-refractivity contribution in [1.29, 1.82) is 0 Å². The van der Waals surface area contributed by atoms with Crippen LogP contribution in [0.3, 0.4) is 0 Å². The minimum Gasteiger partial charge on any atom is -0.454 e. The Kier molecular flexibility index (Phi) is 5.21. The Hall–Kier alpha value is -3.72. The third-order valence-corrected chi connectivity index (χ3v) is 4.52. The molecule has 3 aromatic rings. The van der Waals surface area contributed by atoms with Gasteiger partial charge in [0.05, 0.1) is 10.6 Å². The first-order chi connectivity index (χ1) is 14.1. The van der Waals surface area contributed by atoms with Crippen LogP contribution < -0.4 is 31.4 Å². The van der Waals surface area contributed by atoms with E-state index in [0.29, 0.717) is 28.7 Å². The standard InChI is InChI=1S/C19H17ClN6O3/c20-13-4-2-1-3-12(13)19(27)26-25-18-16(21)17(23-9-24-18)22-8-11-5-6-14-15(7-11)29-10-28-14/h1-7,9H,8,10,21H2,(H,26,27)(H2,22,23,24,25). The number of carbonyl (C=O) groups excluding carboxylic acids is 1. The number of hydrogen-bond acceptors (Lipinski definition) is 8. The molecule has 0 fully saturated rings. The normalized spacial score (nSPS) is 11.8. The van der Waals surface area contributed by atoms with Gasteiger partial charge in [-0.2, -0.15) is 0 Å². The molecule has 0 spiro atoms. The molecule has 1 amide bonds. The van der Waals surface area contributed by atoms with Gasteiger partial charge in [-0.1, -0.05) is 29.8 Å². The molecule has 2 aromatic carbocycles. The van der Waals surface area contributed by atoms with Gasteiger partial charge in [0.25, 0.3) is 5.91 Å². The number of carbonyl (C=O) groups is 1. The number of anilines is 3. The van der Waals surface area contributed by atoms with E-state index < -0.39 is 5.91 Å². The van der Waals surface area contributed by atoms with Crippen LogP contribution in [0.25, 0.3) is 0 Å². The highest BCUT2D eigenvalue weighted by Crippen LogP contribution is 2.33. The molecule has 10 heteroatoms. The zero-order chi connectivity index (χ0) is 20.2. The molecule has 0 atom stereocenters. The van der Waals surface area contributed by atoms with Crippen molar-refractivity contribution in [3.05, 3.63) is 64.9 Å². The molecule has 0 saturated heterocycles. The number of nitrogens with zero attached hydrogens (tertiary/aromatic N) is 2. The fourth-order valence-corrected chi connectivity index (χ4v) is 2.92. The first-order valence-electron chi connectivity index (χ1n) is 8.65. The molecular formula is C19H17ClN6O3. The summed E-state index contributed by atoms with van der Waals surface area (Å²) in [4.78, 5) is 20.5. The topological polar surface area (TPSA) is 123 Å². The number of hydrogen-bond donors (Lipinski definition) is 4. The van der Waals surface area contributed by atoms with Crippen LogP contribution in [0.2, 0.25) is 5.02 Å². The molecule has 4 rings (SSSR count). The maximum Gasteiger partial charge on any atom is 0.271 e. The lowest BCUT2D eigenvalue weighted by Crippen LogP contribution is -2.30. The first kappa shape index (κ1) is 18.6. The van der Waals surface area contributed by atoms with E-state index in [2.05, 4.69) is 26.1 Å². The average molecular weight is 413 g/mol. The van der Waals surface area contributed by atoms with E-state index in [1.54, 1.807) is 24.3 Å². The van der Waals surface area contributed by atoms with Crippen LogP contribution in [0.4, 0.5) is 17.3 Å². The number of halogens is 1. The van der Waals surface area contributed by atoms with Gasteiger partial charge in [0.1, 0.15) is 12.0 Å². The van der Waals surface area contributed by atoms with Crippen molar-refractivity contribution in [2.45, 2.75) is 6.54 Å². The summed E-state index contributed by atoms with van der Waals surface area (Å²) in [5, 5.41) is 3.48. The molecule has 9 nitrogen and oxygen atoms in total. The molecule has 1 aromatic heterocycles. The number of nitrogens with two attached hydrogens (primary N) is 1. The number of nitrogen functional groups attached to an aromatic ring is 1. The summed E-state index contributed by atoms with van der Waals surface area (Å²) in [5.74, 6) is 1.69. The minimum absolute atomic E-state index is 0.222. The molecule has 2 heterocycles. The molecule has 0 bridgehead atoms. The zero-order valence-electron chi connectivity index (χ0n) is 15.1. The number of benzene rings is 2. The molecule has 0 saturated carbocycles. The Morgan fingerprint density at radius 3 is 2.76 bits per heavy atom. The van der Waals surface area contributed by atoms with Gasteiger partial charge >= 0.3 is 0 Å². The van der Waals surface area contributed by atoms with E-state index >= 15 is 0 Å². The Balaban J connectivity index is 1.41. The number of amides is 1. The average Bonchev–Trinajstić information content (AvgIpc) is 3.20. The SMILES string of the molecule is Nc1c(NCc2ccc3c(c2)OCO3)ncnc1NNC(=O)c1ccccc1Cl. The van der Waals surface area contributed by atoms with Gasteiger partial charge in [0.2, 0.25) is 6.79 Å². The van der Waals surface area contributed by atoms with Crippen molar-refractivity contribution in [3.8, 4) is 11.5 Å². The Morgan fingerprint density at radius 1 is 1.10 bits per heavy atom. The molecule has 5 N–H and O–H groups in total. The number of ether oxygens (including phenoxy) is 2. The van der Waals surface area contributed by atoms with Crippen LogP contribution in [0.5, 0.6) is 11.5 Å². The predicted octanol–water partition coefficient (Wildman–Crippen LogP) is 2.81. The molecular weight excluding hydrogens is 396 g/mol. The van der Waals surface area contributed by atoms with E-state index in [9.17, 15) is 4.79 Å². The lowest BCUT2D eigenvalue weighted by Gasteiger charge is -2.13. The predicted molar refractivity (Wildman–Crippen MR) is 109 cm³/mol. The van der Waals surface area contributed by atoms with E-state index in [-0.39, 0.29) is 18.3 Å². The highest BCUT2D eigenvalue weighted by molar-refractivity contribution is 6.33. The molecule has 1 aliphatic rings. The Bertz CT molecular complexity index is 1060. The van der Waals surface area contributed by atoms with Crippen molar-refractivity contribution < 1.29 is 14.3 Å². The van der Waals surface area contributed by atoms with Gasteiger partial charge < -0.3 is 20.5 Å². The van der Waals surface area contributed by atoms with E-state index in [0.717, 1.165) is 11.3 Å². The van der Waals surface area contributed by atoms with E-state index in [1.165, 1.54) is 6.33 Å². The number of aromatic nitrogens is 2. The van der Waals surface area contributed by atoms with Crippen molar-refractivity contribution in [1.82, 2.24) is 15.4 Å². The first-order valence-corrected chi connectivity index (χ1v) is 9.03. The van der Waals surface area contributed by atoms with Crippen LogP contribution in [-0.4, -0.2) is 22.7 Å². The molecule has 29 heavy (non-hydrogen) atoms. The van der Waals surface area contributed by atoms with Crippen LogP contribution in [0.1, 0.15) is 15.9 Å². The molecule has 1 aliphatic heterocycles. The monoisotopic (exact) mass is 412 g/mol. The van der Waals surface area contributed by atoms with Crippen LogP contribution in [-0.2, 0) is 6.54 Å². The van der Waals surface area contributed by atoms with Gasteiger partial charge in [0.15, 0.2) is 23.1 Å². The fraction of sp³-hybridized carbons (Fsp3) is 0.105. The largest absolute Gasteiger partial charge is 0.454 e. The highest BCUT2D eigenvalue weighted by Gasteiger charge is 2.14. The Labute approximate surface area is 171 Å². The summed E-state index contributed by atoms with van der Waals surface area (Å²) in [6.07, 6.45) is 1.34. The number of nitrogens with one attached hydrogen (secondary N) is 3. The summed E-state index contributed by atoms with van der Waals surface area (Å²) in [7, 11) is 0. The minimum atomic E-state index is -0.413. The summed E-state index contributed by atoms with van der Waals surface area (Å²) in [5.41, 5.74) is 12.9. The number of rotatable bonds is 6. The zero-order valence-corrected chi connectivity index (χ0v) is 15.9. The number of hydrazine groups is 1. The van der Waals surface area contributed by atoms with E-state index in [4.69, 9.17) is 26.8 Å². The number of fused-ring (bicyclic) bond motifs is 1. The summed E-state index contributed by atoms with van der Waals surface area (Å²) < 4.78 is 10.7. The van der Waals surface area contributed by atoms with Gasteiger partial charge in [-0.3, -0.25) is 15.6 Å². The molecule has 148 valence electrons. The van der Waals surface area contributed by atoms with Crippen molar-refractivity contribution in [2.24, 2.45) is 0 Å². The van der Waals surface area contributed by atoms with Gasteiger partial charge in [-0.05, 0) is 29.8 Å². The van der Waals surface area contributed by atoms with Crippen molar-refractivity contribution in [3.63, 3.8) is 0 Å². The quantitative estimate of drug-likeness (QED) is 0.456. The van der Waals surface area contributed by atoms with Gasteiger partial charge in [0, 0.05) is 6.54 Å². The fourth-order valence-electron chi connectivity index (χ4n) is 2.70. The van der Waals surface area contributed by atoms with Gasteiger partial charge in [-0.15, -0.1) is 0 Å². The third kappa shape index (κ3) is 4.09. The lowest BCUT2D eigenvalue weighted by molar-refractivity contribution is 0.0962. The molecule has 0 radical (unpaired) electrons. The maximum atomic E-state index is 12.3. The Morgan fingerprint density at radius 2 is 1.90 bits per heavy atom. The summed E-state index contributed by atoms with van der Waals surface area (Å²) in [6, 6.07) is 12.4. The molecule has 0 unspecified atom stereocenters. The van der Waals surface area contributed by atoms with Crippen LogP contribution in [0.15, 0.2) is 48.8 Å². The third-order valence-electron chi connectivity index (χ3n) is 4.19. The van der Waals surface area contributed by atoms with Crippen LogP contribution in [0, 0.1) is 0 Å². The smallest absolute Gasteiger partial charge is 0.271 e. The maximum absolute atomic E-state index is 12.3. The molecule has 0 aliphatic carbocycles. The van der Waals surface area contributed by atoms with Crippen LogP contribution >= 0.6 is 11.6 Å². The highest BCUT2D eigenvalue weighted by atomic mass is 35.5. The summed E-state index contributed by atoms with van der Waals surface area (Å²) >= 11 is 6.03. The second kappa shape index (κ2) is 8.11. The van der Waals surface area contributed by atoms with Crippen molar-refractivity contribution in [2.75, 3.05) is 23.3 Å². The van der Waals surface area contributed by atoms with Gasteiger partial charge in [-0.25, -0.2) is 9.97 Å². The van der Waals surface area contributed by atoms with Crippen molar-refractivity contribution >= 4 is 34.8 Å². The summed E-state index contributed by atoms with van der Waals surface area (Å²) in [6.45, 7) is 0.684.